The number of fused-ring (bicyclic) bond motifs is 1. The van der Waals surface area contributed by atoms with E-state index >= 15 is 0 Å². The van der Waals surface area contributed by atoms with Gasteiger partial charge in [0.1, 0.15) is 5.75 Å². The highest BCUT2D eigenvalue weighted by atomic mass is 19.4. The topological polar surface area (TPSA) is 79.5 Å². The first kappa shape index (κ1) is 27.4. The fourth-order valence-electron chi connectivity index (χ4n) is 6.39. The second-order valence-corrected chi connectivity index (χ2v) is 10.6. The van der Waals surface area contributed by atoms with Crippen molar-refractivity contribution in [2.45, 2.75) is 43.2 Å². The van der Waals surface area contributed by atoms with E-state index in [2.05, 4.69) is 49.6 Å². The minimum absolute atomic E-state index is 0.0609. The number of nitrogens with zero attached hydrogens (tertiary/aromatic N) is 6. The quantitative estimate of drug-likeness (QED) is 0.362. The molecular weight excluding hydrogens is 533 g/mol. The number of piperazine rings is 1. The van der Waals surface area contributed by atoms with E-state index in [-0.39, 0.29) is 23.7 Å². The second-order valence-electron chi connectivity index (χ2n) is 10.6. The van der Waals surface area contributed by atoms with Crippen molar-refractivity contribution in [3.8, 4) is 11.4 Å². The molecule has 0 amide bonds. The summed E-state index contributed by atoms with van der Waals surface area (Å²) in [5.74, 6) is -0.564. The Morgan fingerprint density at radius 2 is 1.66 bits per heavy atom. The smallest absolute Gasteiger partial charge is 0.453 e. The Kier molecular flexibility index (Phi) is 7.50. The number of hydrogen-bond acceptors (Lipinski definition) is 7. The van der Waals surface area contributed by atoms with Gasteiger partial charge in [0.2, 0.25) is 0 Å². The zero-order valence-electron chi connectivity index (χ0n) is 22.5. The average molecular weight is 565 g/mol. The van der Waals surface area contributed by atoms with Crippen LogP contribution >= 0.6 is 0 Å². The molecule has 2 aliphatic heterocycles. The summed E-state index contributed by atoms with van der Waals surface area (Å²) >= 11 is 0. The lowest BCUT2D eigenvalue weighted by Crippen LogP contribution is -2.59. The van der Waals surface area contributed by atoms with Crippen molar-refractivity contribution in [3.63, 3.8) is 0 Å². The average Bonchev–Trinajstić information content (AvgIpc) is 3.62. The molecule has 3 atom stereocenters. The number of halogens is 3. The number of alkyl halides is 3. The zero-order valence-corrected chi connectivity index (χ0v) is 22.5. The molecule has 2 aliphatic rings. The van der Waals surface area contributed by atoms with Crippen molar-refractivity contribution in [3.05, 3.63) is 101 Å². The van der Waals surface area contributed by atoms with Crippen LogP contribution in [0.15, 0.2) is 78.9 Å². The lowest BCUT2D eigenvalue weighted by atomic mass is 9.82. The van der Waals surface area contributed by atoms with E-state index < -0.39 is 18.1 Å². The summed E-state index contributed by atoms with van der Waals surface area (Å²) in [6.45, 7) is 2.55. The van der Waals surface area contributed by atoms with Gasteiger partial charge in [-0.2, -0.15) is 17.9 Å². The maximum atomic E-state index is 13.5. The number of aromatic nitrogens is 4. The van der Waals surface area contributed by atoms with Crippen LogP contribution in [-0.4, -0.2) is 80.0 Å². The van der Waals surface area contributed by atoms with Crippen LogP contribution in [0.25, 0.3) is 5.69 Å². The van der Waals surface area contributed by atoms with Crippen LogP contribution in [-0.2, 0) is 12.7 Å². The van der Waals surface area contributed by atoms with Crippen molar-refractivity contribution in [1.29, 1.82) is 0 Å². The molecule has 214 valence electrons. The number of benzene rings is 3. The molecule has 3 aromatic carbocycles. The lowest BCUT2D eigenvalue weighted by Gasteiger charge is -2.47. The monoisotopic (exact) mass is 564 g/mol. The molecule has 2 fully saturated rings. The number of tetrazole rings is 1. The first-order valence-electron chi connectivity index (χ1n) is 13.6. The van der Waals surface area contributed by atoms with E-state index in [0.29, 0.717) is 42.0 Å². The predicted octanol–water partition coefficient (Wildman–Crippen LogP) is 4.14. The standard InChI is InChI=1S/C30H31F3N6O2/c1-41-27-13-12-23(39-29(30(31,32)33)34-35-36-39)16-22(27)17-37-18-24-26(40)14-15-38(24)25(19-37)28(20-8-4-2-5-9-20)21-10-6-3-7-11-21/h2-13,16,24-26,28,40H,14-15,17-19H2,1H3/t24-,25+,26-/m1/s1. The second kappa shape index (κ2) is 11.2. The molecule has 41 heavy (non-hydrogen) atoms. The van der Waals surface area contributed by atoms with Crippen LogP contribution in [0.4, 0.5) is 13.2 Å². The molecule has 8 nitrogen and oxygen atoms in total. The van der Waals surface area contributed by atoms with Gasteiger partial charge in [-0.25, -0.2) is 0 Å². The molecule has 0 aliphatic carbocycles. The maximum Gasteiger partial charge on any atom is 0.453 e. The summed E-state index contributed by atoms with van der Waals surface area (Å²) in [6.07, 6.45) is -4.46. The zero-order chi connectivity index (χ0) is 28.6. The normalized spacial score (nSPS) is 21.8. The predicted molar refractivity (Wildman–Crippen MR) is 146 cm³/mol. The lowest BCUT2D eigenvalue weighted by molar-refractivity contribution is -0.146. The molecule has 0 unspecified atom stereocenters. The van der Waals surface area contributed by atoms with Gasteiger partial charge in [-0.15, -0.1) is 5.10 Å². The van der Waals surface area contributed by atoms with Gasteiger partial charge >= 0.3 is 6.18 Å². The first-order chi connectivity index (χ1) is 19.8. The van der Waals surface area contributed by atoms with Gasteiger partial charge in [0.05, 0.1) is 18.9 Å². The summed E-state index contributed by atoms with van der Waals surface area (Å²) in [5, 5.41) is 21.0. The largest absolute Gasteiger partial charge is 0.496 e. The molecule has 0 radical (unpaired) electrons. The minimum atomic E-state index is -4.70. The van der Waals surface area contributed by atoms with Crippen molar-refractivity contribution in [2.75, 3.05) is 26.7 Å². The van der Waals surface area contributed by atoms with Crippen molar-refractivity contribution in [2.24, 2.45) is 0 Å². The highest BCUT2D eigenvalue weighted by Gasteiger charge is 2.45. The molecule has 0 saturated carbocycles. The molecule has 0 spiro atoms. The number of hydrogen-bond donors (Lipinski definition) is 1. The fourth-order valence-corrected chi connectivity index (χ4v) is 6.39. The maximum absolute atomic E-state index is 13.5. The van der Waals surface area contributed by atoms with E-state index in [4.69, 9.17) is 4.74 Å². The molecule has 11 heteroatoms. The van der Waals surface area contributed by atoms with E-state index in [0.717, 1.165) is 6.54 Å². The van der Waals surface area contributed by atoms with Gasteiger partial charge in [-0.1, -0.05) is 60.7 Å². The molecule has 2 saturated heterocycles. The van der Waals surface area contributed by atoms with Gasteiger partial charge in [0, 0.05) is 49.7 Å². The SMILES string of the molecule is COc1ccc(-n2nnnc2C(F)(F)F)cc1CN1C[C@@H]2[C@H](O)CCN2[C@H](C(c2ccccc2)c2ccccc2)C1. The number of ether oxygens (including phenoxy) is 1. The van der Waals surface area contributed by atoms with Gasteiger partial charge in [0.15, 0.2) is 0 Å². The van der Waals surface area contributed by atoms with Crippen LogP contribution in [0.3, 0.4) is 0 Å². The summed E-state index contributed by atoms with van der Waals surface area (Å²) in [7, 11) is 1.54. The van der Waals surface area contributed by atoms with E-state index in [1.807, 2.05) is 36.4 Å². The van der Waals surface area contributed by atoms with Gasteiger partial charge in [-0.3, -0.25) is 9.80 Å². The third-order valence-corrected chi connectivity index (χ3v) is 8.20. The minimum Gasteiger partial charge on any atom is -0.496 e. The Balaban J connectivity index is 1.36. The summed E-state index contributed by atoms with van der Waals surface area (Å²) in [4.78, 5) is 4.71. The van der Waals surface area contributed by atoms with Crippen molar-refractivity contribution in [1.82, 2.24) is 30.0 Å². The Morgan fingerprint density at radius 3 is 2.29 bits per heavy atom. The first-order valence-corrected chi connectivity index (χ1v) is 13.6. The third-order valence-electron chi connectivity index (χ3n) is 8.20. The number of methoxy groups -OCH3 is 1. The molecule has 1 N–H and O–H groups in total. The highest BCUT2D eigenvalue weighted by Crippen LogP contribution is 2.39. The fraction of sp³-hybridized carbons (Fsp3) is 0.367. The number of rotatable bonds is 7. The van der Waals surface area contributed by atoms with Crippen LogP contribution in [0.2, 0.25) is 0 Å². The van der Waals surface area contributed by atoms with Crippen molar-refractivity contribution >= 4 is 0 Å². The highest BCUT2D eigenvalue weighted by molar-refractivity contribution is 5.44. The molecule has 4 aromatic rings. The Bertz CT molecular complexity index is 1430. The van der Waals surface area contributed by atoms with Crippen LogP contribution in [0.5, 0.6) is 5.75 Å². The van der Waals surface area contributed by atoms with E-state index in [9.17, 15) is 18.3 Å². The summed E-state index contributed by atoms with van der Waals surface area (Å²) in [5.41, 5.74) is 3.30. The van der Waals surface area contributed by atoms with E-state index in [1.165, 1.54) is 17.2 Å². The number of aliphatic hydroxyl groups is 1. The molecule has 0 bridgehead atoms. The third kappa shape index (κ3) is 5.44. The van der Waals surface area contributed by atoms with Crippen LogP contribution in [0.1, 0.15) is 34.9 Å². The van der Waals surface area contributed by atoms with Crippen LogP contribution in [0, 0.1) is 0 Å². The van der Waals surface area contributed by atoms with Crippen LogP contribution < -0.4 is 4.74 Å². The Morgan fingerprint density at radius 1 is 0.976 bits per heavy atom. The summed E-state index contributed by atoms with van der Waals surface area (Å²) < 4.78 is 46.9. The van der Waals surface area contributed by atoms with Gasteiger partial charge in [0.25, 0.3) is 5.82 Å². The van der Waals surface area contributed by atoms with Crippen molar-refractivity contribution < 1.29 is 23.0 Å². The van der Waals surface area contributed by atoms with E-state index in [1.54, 1.807) is 19.2 Å². The number of aliphatic hydroxyl groups excluding tert-OH is 1. The molecular formula is C30H31F3N6O2. The molecule has 1 aromatic heterocycles. The molecule has 3 heterocycles. The van der Waals surface area contributed by atoms with Gasteiger partial charge < -0.3 is 9.84 Å². The Hall–Kier alpha value is -3.80. The summed E-state index contributed by atoms with van der Waals surface area (Å²) in [6, 6.07) is 25.6. The Labute approximate surface area is 236 Å². The molecule has 6 rings (SSSR count). The van der Waals surface area contributed by atoms with Gasteiger partial charge in [-0.05, 0) is 46.2 Å².